The number of phosphoric acid groups is 1. The Balaban J connectivity index is 2.38. The van der Waals surface area contributed by atoms with Crippen molar-refractivity contribution >= 4 is 13.8 Å². The van der Waals surface area contributed by atoms with Crippen molar-refractivity contribution in [1.29, 1.82) is 0 Å². The van der Waals surface area contributed by atoms with Crippen molar-refractivity contribution in [2.45, 2.75) is 24.4 Å². The average molecular weight is 258 g/mol. The van der Waals surface area contributed by atoms with E-state index in [1.165, 1.54) is 0 Å². The number of aliphatic hydroxyl groups is 3. The first kappa shape index (κ1) is 13.5. The maximum absolute atomic E-state index is 10.4. The van der Waals surface area contributed by atoms with Crippen molar-refractivity contribution in [1.82, 2.24) is 0 Å². The first-order valence-electron chi connectivity index (χ1n) is 4.17. The normalized spacial score (nSPS) is 25.8. The minimum absolute atomic E-state index is 0.727. The summed E-state index contributed by atoms with van der Waals surface area (Å²) in [5.74, 6) is -0.727. The molecule has 94 valence electrons. The summed E-state index contributed by atoms with van der Waals surface area (Å²) in [6, 6.07) is 0. The van der Waals surface area contributed by atoms with Crippen molar-refractivity contribution in [3.63, 3.8) is 0 Å². The Bertz CT molecular complexity index is 311. The average Bonchev–Trinajstić information content (AvgIpc) is 2.88. The van der Waals surface area contributed by atoms with Crippen molar-refractivity contribution in [3.8, 4) is 0 Å². The Morgan fingerprint density at radius 3 is 2.25 bits per heavy atom. The van der Waals surface area contributed by atoms with Gasteiger partial charge in [0.2, 0.25) is 6.10 Å². The summed E-state index contributed by atoms with van der Waals surface area (Å²) >= 11 is 0. The van der Waals surface area contributed by atoms with Crippen LogP contribution in [0.1, 0.15) is 0 Å². The molecule has 0 bridgehead atoms. The van der Waals surface area contributed by atoms with Crippen LogP contribution in [0.15, 0.2) is 0 Å². The monoisotopic (exact) mass is 258 g/mol. The molecule has 10 heteroatoms. The van der Waals surface area contributed by atoms with E-state index in [-0.39, 0.29) is 0 Å². The van der Waals surface area contributed by atoms with Gasteiger partial charge in [-0.15, -0.1) is 0 Å². The van der Waals surface area contributed by atoms with E-state index in [1.807, 2.05) is 0 Å². The maximum Gasteiger partial charge on any atom is 0.469 e. The number of epoxide rings is 1. The van der Waals surface area contributed by atoms with Crippen LogP contribution in [0.4, 0.5) is 0 Å². The molecule has 16 heavy (non-hydrogen) atoms. The van der Waals surface area contributed by atoms with Gasteiger partial charge in [-0.25, -0.2) is 9.36 Å². The second-order valence-corrected chi connectivity index (χ2v) is 4.43. The molecule has 0 spiro atoms. The Kier molecular flexibility index (Phi) is 4.02. The fourth-order valence-electron chi connectivity index (χ4n) is 0.979. The quantitative estimate of drug-likeness (QED) is 0.249. The van der Waals surface area contributed by atoms with Gasteiger partial charge in [0.05, 0.1) is 6.61 Å². The highest BCUT2D eigenvalue weighted by atomic mass is 31.2. The highest BCUT2D eigenvalue weighted by Crippen LogP contribution is 2.36. The van der Waals surface area contributed by atoms with E-state index >= 15 is 0 Å². The molecular formula is C6H11O9P. The molecule has 1 aliphatic rings. The predicted octanol–water partition coefficient (Wildman–Crippen LogP) is -2.90. The second-order valence-electron chi connectivity index (χ2n) is 3.19. The number of cyclic esters (lactones) is 1. The first-order valence-corrected chi connectivity index (χ1v) is 5.70. The van der Waals surface area contributed by atoms with Gasteiger partial charge in [-0.05, 0) is 0 Å². The summed E-state index contributed by atoms with van der Waals surface area (Å²) in [5, 5.41) is 27.6. The second kappa shape index (κ2) is 4.76. The topological polar surface area (TPSA) is 157 Å². The zero-order valence-corrected chi connectivity index (χ0v) is 8.73. The van der Waals surface area contributed by atoms with Crippen LogP contribution in [0, 0.1) is 0 Å². The van der Waals surface area contributed by atoms with Crippen LogP contribution in [0.3, 0.4) is 0 Å². The van der Waals surface area contributed by atoms with E-state index in [1.54, 1.807) is 0 Å². The number of hydrogen-bond donors (Lipinski definition) is 5. The van der Waals surface area contributed by atoms with Gasteiger partial charge < -0.3 is 29.8 Å². The molecule has 1 heterocycles. The van der Waals surface area contributed by atoms with Crippen molar-refractivity contribution in [2.24, 2.45) is 0 Å². The van der Waals surface area contributed by atoms with E-state index < -0.39 is 44.8 Å². The molecule has 0 aromatic heterocycles. The van der Waals surface area contributed by atoms with Crippen molar-refractivity contribution in [3.05, 3.63) is 0 Å². The van der Waals surface area contributed by atoms with Gasteiger partial charge in [0.25, 0.3) is 0 Å². The van der Waals surface area contributed by atoms with Gasteiger partial charge in [-0.3, -0.25) is 4.52 Å². The summed E-state index contributed by atoms with van der Waals surface area (Å²) in [4.78, 5) is 27.1. The van der Waals surface area contributed by atoms with Gasteiger partial charge in [0.15, 0.2) is 0 Å². The van der Waals surface area contributed by atoms with Crippen LogP contribution in [0.25, 0.3) is 0 Å². The van der Waals surface area contributed by atoms with Gasteiger partial charge in [-0.2, -0.15) is 0 Å². The minimum atomic E-state index is -4.76. The molecule has 0 unspecified atom stereocenters. The largest absolute Gasteiger partial charge is 0.469 e. The summed E-state index contributed by atoms with van der Waals surface area (Å²) < 4.78 is 18.4. The van der Waals surface area contributed by atoms with Crippen LogP contribution in [0.5, 0.6) is 0 Å². The van der Waals surface area contributed by atoms with Crippen LogP contribution in [0.2, 0.25) is 0 Å². The molecule has 0 aliphatic carbocycles. The molecule has 0 radical (unpaired) electrons. The highest BCUT2D eigenvalue weighted by molar-refractivity contribution is 7.46. The third kappa shape index (κ3) is 3.80. The summed E-state index contributed by atoms with van der Waals surface area (Å²) in [6.45, 7) is -0.886. The van der Waals surface area contributed by atoms with Gasteiger partial charge in [0.1, 0.15) is 18.3 Å². The molecule has 1 fully saturated rings. The third-order valence-electron chi connectivity index (χ3n) is 1.89. The number of rotatable bonds is 6. The molecule has 0 aromatic carbocycles. The smallest absolute Gasteiger partial charge is 0.445 e. The van der Waals surface area contributed by atoms with Crippen molar-refractivity contribution in [2.75, 3.05) is 6.61 Å². The Morgan fingerprint density at radius 1 is 1.38 bits per heavy atom. The lowest BCUT2D eigenvalue weighted by molar-refractivity contribution is -0.117. The van der Waals surface area contributed by atoms with Gasteiger partial charge in [-0.1, -0.05) is 0 Å². The van der Waals surface area contributed by atoms with Crippen molar-refractivity contribution < 1.29 is 43.7 Å². The van der Waals surface area contributed by atoms with E-state index in [0.29, 0.717) is 0 Å². The van der Waals surface area contributed by atoms with Crippen LogP contribution < -0.4 is 0 Å². The number of ether oxygens (including phenoxy) is 1. The molecule has 1 aliphatic heterocycles. The lowest BCUT2D eigenvalue weighted by atomic mass is 10.1. The van der Waals surface area contributed by atoms with E-state index in [2.05, 4.69) is 9.26 Å². The zero-order chi connectivity index (χ0) is 12.5. The minimum Gasteiger partial charge on any atom is -0.445 e. The highest BCUT2D eigenvalue weighted by Gasteiger charge is 2.49. The number of carbonyl (C=O) groups excluding carboxylic acids is 1. The zero-order valence-electron chi connectivity index (χ0n) is 7.83. The summed E-state index contributed by atoms with van der Waals surface area (Å²) in [5.41, 5.74) is 0. The van der Waals surface area contributed by atoms with Crippen LogP contribution in [-0.4, -0.2) is 62.1 Å². The lowest BCUT2D eigenvalue weighted by Crippen LogP contribution is -2.43. The first-order chi connectivity index (χ1) is 7.22. The third-order valence-corrected chi connectivity index (χ3v) is 2.37. The summed E-state index contributed by atoms with van der Waals surface area (Å²) in [7, 11) is -4.76. The van der Waals surface area contributed by atoms with Crippen LogP contribution in [-0.2, 0) is 18.6 Å². The number of phosphoric ester groups is 1. The van der Waals surface area contributed by atoms with E-state index in [0.717, 1.165) is 0 Å². The molecule has 9 nitrogen and oxygen atoms in total. The molecular weight excluding hydrogens is 247 g/mol. The van der Waals surface area contributed by atoms with E-state index in [9.17, 15) is 19.6 Å². The number of carbonyl (C=O) groups is 1. The fraction of sp³-hybridized carbons (Fsp3) is 0.833. The Morgan fingerprint density at radius 2 is 1.88 bits per heavy atom. The lowest BCUT2D eigenvalue weighted by Gasteiger charge is -2.20. The standard InChI is InChI=1S/C6H11O9P/c7-2(1-14-16(11,12)13)3(8)4(9)5-6(10)15-5/h2-5,7-9H,1H2,(H2,11,12,13)/t2-,3-,4+,5-/m1/s1. The van der Waals surface area contributed by atoms with Gasteiger partial charge >= 0.3 is 13.8 Å². The Hall–Kier alpha value is -0.540. The molecule has 0 aromatic rings. The predicted molar refractivity (Wildman–Crippen MR) is 45.9 cm³/mol. The van der Waals surface area contributed by atoms with Crippen LogP contribution >= 0.6 is 7.82 Å². The number of aliphatic hydroxyl groups excluding tert-OH is 3. The molecule has 0 saturated carbocycles. The molecule has 0 amide bonds. The Labute approximate surface area is 89.5 Å². The number of hydrogen-bond acceptors (Lipinski definition) is 7. The van der Waals surface area contributed by atoms with Gasteiger partial charge in [0, 0.05) is 0 Å². The van der Waals surface area contributed by atoms with E-state index in [4.69, 9.17) is 14.9 Å². The molecule has 1 rings (SSSR count). The molecule has 4 atom stereocenters. The molecule has 5 N–H and O–H groups in total. The molecule has 1 saturated heterocycles. The SMILES string of the molecule is O=C1O[C@@H]1[C@@H](O)[C@H](O)[C@H](O)COP(=O)(O)O. The summed E-state index contributed by atoms with van der Waals surface area (Å²) in [6.07, 6.45) is -6.43. The fourth-order valence-corrected chi connectivity index (χ4v) is 1.33. The maximum atomic E-state index is 10.4.